The van der Waals surface area contributed by atoms with Gasteiger partial charge in [-0.3, -0.25) is 62.9 Å². The molecule has 1 fully saturated rings. The van der Waals surface area contributed by atoms with Gasteiger partial charge >= 0.3 is 5.97 Å². The molecule has 2 aromatic heterocycles. The monoisotopic (exact) mass is 1420 g/mol. The lowest BCUT2D eigenvalue weighted by Gasteiger charge is -2.29. The normalized spacial score (nSPS) is 16.3. The number of carbonyl (C=O) groups is 13. The van der Waals surface area contributed by atoms with Crippen molar-refractivity contribution in [1.82, 2.24) is 78.3 Å². The lowest BCUT2D eigenvalue weighted by atomic mass is 10.0. The van der Waals surface area contributed by atoms with E-state index in [1.54, 1.807) is 26.1 Å². The largest absolute Gasteiger partial charge is 0.508 e. The number of para-hydroxylation sites is 1. The fourth-order valence-corrected chi connectivity index (χ4v) is 10.9. The summed E-state index contributed by atoms with van der Waals surface area (Å²) >= 11 is 0. The van der Waals surface area contributed by atoms with Crippen LogP contribution < -0.4 is 75.7 Å². The molecule has 0 bridgehead atoms. The molecule has 1 aliphatic heterocycles. The number of aliphatic carboxylic acids is 1. The van der Waals surface area contributed by atoms with Gasteiger partial charge in [0.1, 0.15) is 66.2 Å². The van der Waals surface area contributed by atoms with Crippen LogP contribution in [0.5, 0.6) is 5.75 Å². The number of rotatable bonds is 40. The molecular formula is C64H93N19O18. The fourth-order valence-electron chi connectivity index (χ4n) is 10.9. The van der Waals surface area contributed by atoms with E-state index in [0.717, 1.165) is 24.8 Å². The van der Waals surface area contributed by atoms with E-state index in [9.17, 15) is 87.9 Å². The number of benzene rings is 2. The van der Waals surface area contributed by atoms with Crippen molar-refractivity contribution in [1.29, 1.82) is 5.41 Å². The Balaban J connectivity index is 1.31. The zero-order chi connectivity index (χ0) is 74.8. The Bertz CT molecular complexity index is 3550. The second-order valence-electron chi connectivity index (χ2n) is 24.9. The smallest absolute Gasteiger partial charge is 0.328 e. The van der Waals surface area contributed by atoms with Crippen molar-refractivity contribution in [2.24, 2.45) is 23.1 Å². The van der Waals surface area contributed by atoms with Crippen LogP contribution >= 0.6 is 0 Å². The van der Waals surface area contributed by atoms with Crippen LogP contribution in [0.25, 0.3) is 10.9 Å². The van der Waals surface area contributed by atoms with Crippen molar-refractivity contribution < 1.29 is 87.9 Å². The number of imidazole rings is 1. The SMILES string of the molecule is CC(C)C[C@H](NC(=O)[C@H](Cc1c[nH]cn1)NC(=O)[C@H](Cc1c[nH]c2ccccc12)NC(=O)[C@@H]1CCCN1C(=O)[C@H](C)N)C(=O)N[C@@H](CO)C(=O)N[C@@H](C)C(=O)N[C@@H](CCC(N)=O)C(=O)N[C@@H](Cc1ccc(O)cc1)C(=O)N[C@@H](CO)C(=O)N[C@@H](CCCNC(=N)N)C(=O)N[C@H](C(=O)O)[C@@H](C)O. The topological polar surface area (TPSA) is 605 Å². The molecule has 37 nitrogen and oxygen atoms in total. The van der Waals surface area contributed by atoms with Crippen LogP contribution in [-0.2, 0) is 81.6 Å². The highest BCUT2D eigenvalue weighted by atomic mass is 16.4. The van der Waals surface area contributed by atoms with Gasteiger partial charge in [-0.05, 0) is 94.5 Å². The summed E-state index contributed by atoms with van der Waals surface area (Å²) in [6.07, 6.45) is 1.60. The number of hydrogen-bond donors (Lipinski definition) is 22. The molecule has 25 N–H and O–H groups in total. The number of carbonyl (C=O) groups excluding carboxylic acids is 12. The number of nitrogens with one attached hydrogen (secondary N) is 14. The van der Waals surface area contributed by atoms with Crippen LogP contribution in [0, 0.1) is 11.3 Å². The summed E-state index contributed by atoms with van der Waals surface area (Å²) in [7, 11) is 0. The van der Waals surface area contributed by atoms with E-state index < -0.39 is 194 Å². The van der Waals surface area contributed by atoms with Gasteiger partial charge in [0.15, 0.2) is 12.0 Å². The van der Waals surface area contributed by atoms with Crippen LogP contribution in [0.15, 0.2) is 67.3 Å². The number of aromatic hydroxyl groups is 1. The Morgan fingerprint density at radius 3 is 1.72 bits per heavy atom. The van der Waals surface area contributed by atoms with Crippen LogP contribution in [0.3, 0.4) is 0 Å². The van der Waals surface area contributed by atoms with Crippen LogP contribution in [0.1, 0.15) is 96.4 Å². The van der Waals surface area contributed by atoms with Gasteiger partial charge in [-0.1, -0.05) is 44.2 Å². The fraction of sp³-hybridized carbons (Fsp3) is 0.516. The number of primary amides is 1. The molecule has 5 rings (SSSR count). The lowest BCUT2D eigenvalue weighted by molar-refractivity contribution is -0.145. The number of H-pyrrole nitrogens is 2. The zero-order valence-electron chi connectivity index (χ0n) is 56.5. The average molecular weight is 1420 g/mol. The summed E-state index contributed by atoms with van der Waals surface area (Å²) in [4.78, 5) is 189. The quantitative estimate of drug-likeness (QED) is 0.0112. The third-order valence-electron chi connectivity index (χ3n) is 16.3. The molecule has 13 atom stereocenters. The standard InChI is InChI=1S/C64H93N19O18/c1-31(2)22-43(76-58(95)46(25-37-27-69-30-72-37)78-57(94)45(24-36-26-71-40-11-7-6-10-39(36)40)79-61(98)49-13-9-21-83(49)62(99)32(3)65)55(92)80-47(28-84)59(96)73-33(4)52(89)74-42(18-19-50(66)88)53(90)77-44(23-35-14-16-38(87)17-15-35)56(93)81-48(29-85)60(97)75-41(12-8-20-70-64(67)68)54(91)82-51(34(5)86)63(100)101/h6-7,10-11,14-17,26-27,30-34,41-49,51,71,84-87H,8-9,12-13,18-25,28-29,65H2,1-5H3,(H2,66,88)(H,69,72)(H,73,96)(H,74,89)(H,75,97)(H,76,95)(H,77,90)(H,78,94)(H,79,98)(H,80,92)(H,81,93)(H,82,91)(H,100,101)(H4,67,68,70)/t32-,33-,34+,41-,42-,43-,44-,45-,46-,47-,48-,49-,51-/m0/s1. The number of phenols is 1. The maximum Gasteiger partial charge on any atom is 0.328 e. The number of nitrogens with zero attached hydrogens (tertiary/aromatic N) is 2. The summed E-state index contributed by atoms with van der Waals surface area (Å²) in [5.74, 6) is -14.2. The Morgan fingerprint density at radius 1 is 0.634 bits per heavy atom. The molecule has 552 valence electrons. The van der Waals surface area contributed by atoms with E-state index in [1.807, 2.05) is 18.2 Å². The third-order valence-corrected chi connectivity index (χ3v) is 16.3. The van der Waals surface area contributed by atoms with Gasteiger partial charge in [0.25, 0.3) is 0 Å². The number of hydrogen-bond acceptors (Lipinski definition) is 20. The van der Waals surface area contributed by atoms with Gasteiger partial charge in [0, 0.05) is 62.1 Å². The molecule has 0 unspecified atom stereocenters. The number of phenolic OH excluding ortho intramolecular Hbond substituents is 1. The minimum Gasteiger partial charge on any atom is -0.508 e. The molecule has 2 aromatic carbocycles. The lowest BCUT2D eigenvalue weighted by Crippen LogP contribution is -2.61. The number of fused-ring (bicyclic) bond motifs is 1. The van der Waals surface area contributed by atoms with Gasteiger partial charge in [0.05, 0.1) is 37.4 Å². The van der Waals surface area contributed by atoms with Crippen molar-refractivity contribution >= 4 is 93.7 Å². The average Bonchev–Trinajstić information content (AvgIpc) is 1.72. The van der Waals surface area contributed by atoms with E-state index in [1.165, 1.54) is 48.6 Å². The summed E-state index contributed by atoms with van der Waals surface area (Å²) in [5.41, 5.74) is 18.6. The van der Waals surface area contributed by atoms with Crippen molar-refractivity contribution in [3.05, 3.63) is 84.1 Å². The number of aliphatic hydroxyl groups is 3. The maximum absolute atomic E-state index is 14.7. The number of amides is 12. The molecule has 1 saturated heterocycles. The Morgan fingerprint density at radius 2 is 1.16 bits per heavy atom. The Labute approximate surface area is 580 Å². The van der Waals surface area contributed by atoms with Gasteiger partial charge in [-0.2, -0.15) is 0 Å². The molecule has 37 heteroatoms. The second-order valence-corrected chi connectivity index (χ2v) is 24.9. The van der Waals surface area contributed by atoms with E-state index in [4.69, 9.17) is 22.6 Å². The van der Waals surface area contributed by atoms with Gasteiger partial charge in [-0.25, -0.2) is 9.78 Å². The predicted molar refractivity (Wildman–Crippen MR) is 360 cm³/mol. The highest BCUT2D eigenvalue weighted by Gasteiger charge is 2.40. The first-order valence-electron chi connectivity index (χ1n) is 32.7. The summed E-state index contributed by atoms with van der Waals surface area (Å²) in [5, 5.41) is 85.5. The summed E-state index contributed by atoms with van der Waals surface area (Å²) < 4.78 is 0. The third kappa shape index (κ3) is 25.2. The van der Waals surface area contributed by atoms with Gasteiger partial charge < -0.3 is 116 Å². The van der Waals surface area contributed by atoms with Crippen LogP contribution in [0.4, 0.5) is 0 Å². The highest BCUT2D eigenvalue weighted by molar-refractivity contribution is 6.00. The number of guanidine groups is 1. The molecule has 0 saturated carbocycles. The number of aliphatic hydroxyl groups excluding tert-OH is 3. The Kier molecular flexibility index (Phi) is 31.3. The van der Waals surface area contributed by atoms with Crippen molar-refractivity contribution in [2.45, 2.75) is 177 Å². The molecule has 0 aliphatic carbocycles. The van der Waals surface area contributed by atoms with Crippen LogP contribution in [0.2, 0.25) is 0 Å². The minimum atomic E-state index is -1.88. The predicted octanol–water partition coefficient (Wildman–Crippen LogP) is -6.14. The van der Waals surface area contributed by atoms with Gasteiger partial charge in [0.2, 0.25) is 70.9 Å². The molecule has 101 heavy (non-hydrogen) atoms. The van der Waals surface area contributed by atoms with Gasteiger partial charge in [-0.15, -0.1) is 0 Å². The maximum atomic E-state index is 14.7. The van der Waals surface area contributed by atoms with Crippen LogP contribution in [-0.4, -0.2) is 233 Å². The molecule has 12 amide bonds. The molecule has 4 aromatic rings. The molecule has 3 heterocycles. The first-order valence-corrected chi connectivity index (χ1v) is 32.7. The van der Waals surface area contributed by atoms with Crippen molar-refractivity contribution in [3.63, 3.8) is 0 Å². The zero-order valence-corrected chi connectivity index (χ0v) is 56.5. The van der Waals surface area contributed by atoms with Crippen molar-refractivity contribution in [2.75, 3.05) is 26.3 Å². The number of carboxylic acid groups (broad SMARTS) is 1. The first kappa shape index (κ1) is 80.9. The first-order chi connectivity index (χ1) is 47.8. The minimum absolute atomic E-state index is 0.00320. The molecule has 0 radical (unpaired) electrons. The Hall–Kier alpha value is -10.8. The summed E-state index contributed by atoms with van der Waals surface area (Å²) in [6, 6.07) is -5.79. The highest BCUT2D eigenvalue weighted by Crippen LogP contribution is 2.22. The number of aromatic nitrogens is 3. The number of aromatic amines is 2. The number of nitrogens with two attached hydrogens (primary N) is 3. The molecule has 1 aliphatic rings. The van der Waals surface area contributed by atoms with E-state index in [0.29, 0.717) is 29.7 Å². The van der Waals surface area contributed by atoms with E-state index >= 15 is 0 Å². The summed E-state index contributed by atoms with van der Waals surface area (Å²) in [6.45, 7) is 5.25. The molecule has 0 spiro atoms. The van der Waals surface area contributed by atoms with Crippen molar-refractivity contribution in [3.8, 4) is 5.75 Å². The second kappa shape index (κ2) is 39.1. The molecular weight excluding hydrogens is 1320 g/mol. The number of carboxylic acids is 1. The number of likely N-dealkylation sites (tertiary alicyclic amines) is 1. The van der Waals surface area contributed by atoms with E-state index in [-0.39, 0.29) is 56.9 Å². The van der Waals surface area contributed by atoms with E-state index in [2.05, 4.69) is 73.4 Å².